The summed E-state index contributed by atoms with van der Waals surface area (Å²) in [5.74, 6) is 0.756. The average Bonchev–Trinajstić information content (AvgIpc) is 3.05. The molecule has 7 nitrogen and oxygen atoms in total. The highest BCUT2D eigenvalue weighted by molar-refractivity contribution is 9.10. The lowest BCUT2D eigenvalue weighted by atomic mass is 10.1. The maximum atomic E-state index is 11.7. The first-order chi connectivity index (χ1) is 10.5. The number of carbonyl (C=O) groups excluding carboxylic acids is 1. The van der Waals surface area contributed by atoms with Crippen LogP contribution in [0.2, 0.25) is 0 Å². The summed E-state index contributed by atoms with van der Waals surface area (Å²) in [6.07, 6.45) is 2.68. The third-order valence-corrected chi connectivity index (χ3v) is 3.85. The molecule has 0 aliphatic heterocycles. The molecular formula is C14H13BrN5O2. The zero-order chi connectivity index (χ0) is 15.9. The number of amides is 1. The molecular weight excluding hydrogens is 350 g/mol. The van der Waals surface area contributed by atoms with Crippen molar-refractivity contribution < 1.29 is 9.21 Å². The van der Waals surface area contributed by atoms with Gasteiger partial charge in [0.05, 0.1) is 22.0 Å². The van der Waals surface area contributed by atoms with Crippen LogP contribution in [0.4, 0.5) is 0 Å². The SMILES string of the molecule is CN(C)Cc1ccc(-c2nc3[nH]n[c]c3c(C(N)=O)c2Br)o1. The van der Waals surface area contributed by atoms with Crippen LogP contribution < -0.4 is 5.73 Å². The highest BCUT2D eigenvalue weighted by Crippen LogP contribution is 2.34. The van der Waals surface area contributed by atoms with Gasteiger partial charge < -0.3 is 15.1 Å². The van der Waals surface area contributed by atoms with Crippen LogP contribution in [-0.2, 0) is 6.54 Å². The van der Waals surface area contributed by atoms with Gasteiger partial charge in [0, 0.05) is 0 Å². The second-order valence-electron chi connectivity index (χ2n) is 5.08. The van der Waals surface area contributed by atoms with Crippen LogP contribution in [0, 0.1) is 6.20 Å². The zero-order valence-electron chi connectivity index (χ0n) is 12.0. The highest BCUT2D eigenvalue weighted by Gasteiger charge is 2.21. The predicted molar refractivity (Wildman–Crippen MR) is 84.0 cm³/mol. The molecule has 3 aromatic rings. The minimum absolute atomic E-state index is 0.277. The molecule has 0 aliphatic carbocycles. The van der Waals surface area contributed by atoms with E-state index in [-0.39, 0.29) is 5.56 Å². The van der Waals surface area contributed by atoms with Crippen LogP contribution in [0.25, 0.3) is 22.5 Å². The number of aromatic nitrogens is 3. The predicted octanol–water partition coefficient (Wildman–Crippen LogP) is 1.94. The molecule has 1 radical (unpaired) electrons. The number of aromatic amines is 1. The van der Waals surface area contributed by atoms with Crippen molar-refractivity contribution in [2.75, 3.05) is 14.1 Å². The number of nitrogens with two attached hydrogens (primary N) is 1. The zero-order valence-corrected chi connectivity index (χ0v) is 13.6. The Morgan fingerprint density at radius 3 is 2.95 bits per heavy atom. The Balaban J connectivity index is 2.16. The van der Waals surface area contributed by atoms with Gasteiger partial charge >= 0.3 is 0 Å². The van der Waals surface area contributed by atoms with Gasteiger partial charge in [-0.05, 0) is 42.2 Å². The summed E-state index contributed by atoms with van der Waals surface area (Å²) >= 11 is 3.39. The molecule has 0 fully saturated rings. The molecule has 0 atom stereocenters. The van der Waals surface area contributed by atoms with E-state index in [9.17, 15) is 4.79 Å². The topological polar surface area (TPSA) is 101 Å². The molecule has 3 rings (SSSR count). The smallest absolute Gasteiger partial charge is 0.250 e. The first kappa shape index (κ1) is 14.7. The van der Waals surface area contributed by atoms with Crippen molar-refractivity contribution in [1.29, 1.82) is 0 Å². The maximum Gasteiger partial charge on any atom is 0.250 e. The minimum atomic E-state index is -0.585. The van der Waals surface area contributed by atoms with Crippen LogP contribution in [0.5, 0.6) is 0 Å². The van der Waals surface area contributed by atoms with E-state index in [1.165, 1.54) is 0 Å². The summed E-state index contributed by atoms with van der Waals surface area (Å²) in [4.78, 5) is 18.2. The van der Waals surface area contributed by atoms with Crippen LogP contribution in [0.15, 0.2) is 21.0 Å². The number of hydrogen-bond donors (Lipinski definition) is 2. The number of pyridine rings is 1. The van der Waals surface area contributed by atoms with Crippen molar-refractivity contribution >= 4 is 32.9 Å². The lowest BCUT2D eigenvalue weighted by molar-refractivity contribution is 0.100. The lowest BCUT2D eigenvalue weighted by Gasteiger charge is -2.07. The van der Waals surface area contributed by atoms with E-state index in [2.05, 4.69) is 37.3 Å². The van der Waals surface area contributed by atoms with Crippen LogP contribution in [-0.4, -0.2) is 40.1 Å². The summed E-state index contributed by atoms with van der Waals surface area (Å²) in [5.41, 5.74) is 6.66. The average molecular weight is 363 g/mol. The Morgan fingerprint density at radius 1 is 1.50 bits per heavy atom. The molecule has 8 heteroatoms. The first-order valence-corrected chi connectivity index (χ1v) is 7.25. The van der Waals surface area contributed by atoms with Crippen molar-refractivity contribution in [3.8, 4) is 11.5 Å². The summed E-state index contributed by atoms with van der Waals surface area (Å²) in [7, 11) is 3.90. The number of halogens is 1. The fourth-order valence-electron chi connectivity index (χ4n) is 2.19. The number of nitrogens with zero attached hydrogens (tertiary/aromatic N) is 3. The van der Waals surface area contributed by atoms with Gasteiger partial charge in [0.15, 0.2) is 11.4 Å². The van der Waals surface area contributed by atoms with E-state index in [4.69, 9.17) is 10.2 Å². The standard InChI is InChI=1S/C14H13BrN5O2/c1-20(2)6-7-3-4-9(22-7)12-11(15)10(13(16)21)8-5-17-19-14(8)18-12/h3-4H,6H2,1-2H3,(H2,16,21)(H,17,18,19). The molecule has 0 saturated heterocycles. The van der Waals surface area contributed by atoms with Gasteiger partial charge in [-0.25, -0.2) is 4.98 Å². The molecule has 0 aromatic carbocycles. The molecule has 0 aliphatic rings. The Hall–Kier alpha value is -2.19. The molecule has 0 unspecified atom stereocenters. The molecule has 0 saturated carbocycles. The van der Waals surface area contributed by atoms with Gasteiger partial charge in [0.25, 0.3) is 5.91 Å². The number of hydrogen-bond acceptors (Lipinski definition) is 5. The van der Waals surface area contributed by atoms with Gasteiger partial charge in [-0.3, -0.25) is 9.89 Å². The third-order valence-electron chi connectivity index (χ3n) is 3.08. The van der Waals surface area contributed by atoms with Crippen molar-refractivity contribution in [1.82, 2.24) is 20.1 Å². The van der Waals surface area contributed by atoms with E-state index < -0.39 is 5.91 Å². The largest absolute Gasteiger partial charge is 0.458 e. The second-order valence-corrected chi connectivity index (χ2v) is 5.87. The Kier molecular flexibility index (Phi) is 3.71. The number of rotatable bonds is 4. The number of fused-ring (bicyclic) bond motifs is 1. The van der Waals surface area contributed by atoms with E-state index in [1.807, 2.05) is 31.1 Å². The number of H-pyrrole nitrogens is 1. The number of nitrogens with one attached hydrogen (secondary N) is 1. The quantitative estimate of drug-likeness (QED) is 0.738. The molecule has 0 bridgehead atoms. The number of primary amides is 1. The lowest BCUT2D eigenvalue weighted by Crippen LogP contribution is -2.13. The monoisotopic (exact) mass is 362 g/mol. The van der Waals surface area contributed by atoms with Crippen LogP contribution in [0.3, 0.4) is 0 Å². The van der Waals surface area contributed by atoms with Crippen LogP contribution in [0.1, 0.15) is 16.1 Å². The molecule has 3 aromatic heterocycles. The molecule has 113 valence electrons. The Bertz CT molecular complexity index is 852. The highest BCUT2D eigenvalue weighted by atomic mass is 79.9. The van der Waals surface area contributed by atoms with E-state index in [1.54, 1.807) is 0 Å². The van der Waals surface area contributed by atoms with E-state index in [0.717, 1.165) is 5.76 Å². The fraction of sp³-hybridized carbons (Fsp3) is 0.214. The minimum Gasteiger partial charge on any atom is -0.458 e. The molecule has 3 N–H and O–H groups in total. The normalized spacial score (nSPS) is 11.5. The maximum absolute atomic E-state index is 11.7. The van der Waals surface area contributed by atoms with Crippen LogP contribution >= 0.6 is 15.9 Å². The van der Waals surface area contributed by atoms with Gasteiger partial charge in [-0.1, -0.05) is 0 Å². The summed E-state index contributed by atoms with van der Waals surface area (Å²) in [5, 5.41) is 6.93. The van der Waals surface area contributed by atoms with E-state index >= 15 is 0 Å². The molecule has 22 heavy (non-hydrogen) atoms. The summed E-state index contributed by atoms with van der Waals surface area (Å²) < 4.78 is 6.26. The van der Waals surface area contributed by atoms with Crippen molar-refractivity contribution in [3.63, 3.8) is 0 Å². The first-order valence-electron chi connectivity index (χ1n) is 6.46. The van der Waals surface area contributed by atoms with Crippen molar-refractivity contribution in [2.45, 2.75) is 6.54 Å². The third kappa shape index (κ3) is 2.51. The number of furan rings is 1. The van der Waals surface area contributed by atoms with Gasteiger partial charge in [-0.15, -0.1) is 0 Å². The van der Waals surface area contributed by atoms with Crippen molar-refractivity contribution in [2.24, 2.45) is 5.73 Å². The molecule has 0 spiro atoms. The van der Waals surface area contributed by atoms with E-state index in [0.29, 0.717) is 33.5 Å². The van der Waals surface area contributed by atoms with Gasteiger partial charge in [0.1, 0.15) is 17.7 Å². The fourth-order valence-corrected chi connectivity index (χ4v) is 2.86. The Labute approximate surface area is 134 Å². The van der Waals surface area contributed by atoms with Crippen molar-refractivity contribution in [3.05, 3.63) is 34.1 Å². The molecule has 3 heterocycles. The Morgan fingerprint density at radius 2 is 2.27 bits per heavy atom. The second kappa shape index (κ2) is 5.54. The van der Waals surface area contributed by atoms with Gasteiger partial charge in [0.2, 0.25) is 0 Å². The summed E-state index contributed by atoms with van der Waals surface area (Å²) in [6.45, 7) is 0.667. The molecule has 1 amide bonds. The number of carbonyl (C=O) groups is 1. The summed E-state index contributed by atoms with van der Waals surface area (Å²) in [6, 6.07) is 3.68. The van der Waals surface area contributed by atoms with Gasteiger partial charge in [-0.2, -0.15) is 5.10 Å².